The zero-order valence-corrected chi connectivity index (χ0v) is 11.3. The molecule has 0 fully saturated rings. The fourth-order valence-electron chi connectivity index (χ4n) is 1.79. The van der Waals surface area contributed by atoms with Gasteiger partial charge in [0.15, 0.2) is 0 Å². The molecule has 17 heavy (non-hydrogen) atoms. The van der Waals surface area contributed by atoms with Gasteiger partial charge >= 0.3 is 0 Å². The monoisotopic (exact) mass is 292 g/mol. The van der Waals surface area contributed by atoms with Crippen molar-refractivity contribution in [3.63, 3.8) is 0 Å². The Labute approximate surface area is 109 Å². The SMILES string of the molecule is COc1ccc(Br)c(OC)c1-c1ccccc1. The summed E-state index contributed by atoms with van der Waals surface area (Å²) in [5.74, 6) is 1.59. The van der Waals surface area contributed by atoms with Gasteiger partial charge in [0.1, 0.15) is 11.5 Å². The summed E-state index contributed by atoms with van der Waals surface area (Å²) in [7, 11) is 3.32. The highest BCUT2D eigenvalue weighted by Crippen LogP contribution is 2.42. The summed E-state index contributed by atoms with van der Waals surface area (Å²) in [6.45, 7) is 0. The van der Waals surface area contributed by atoms with Gasteiger partial charge in [0.05, 0.1) is 24.3 Å². The molecule has 0 aromatic heterocycles. The first-order valence-electron chi connectivity index (χ1n) is 5.24. The zero-order valence-electron chi connectivity index (χ0n) is 9.74. The second-order valence-electron chi connectivity index (χ2n) is 3.52. The summed E-state index contributed by atoms with van der Waals surface area (Å²) < 4.78 is 11.8. The third-order valence-corrected chi connectivity index (χ3v) is 3.18. The van der Waals surface area contributed by atoms with Crippen molar-refractivity contribution in [2.75, 3.05) is 14.2 Å². The van der Waals surface area contributed by atoms with Crippen LogP contribution in [-0.2, 0) is 0 Å². The molecular formula is C14H13BrO2. The van der Waals surface area contributed by atoms with Gasteiger partial charge in [0, 0.05) is 0 Å². The Morgan fingerprint density at radius 1 is 0.882 bits per heavy atom. The van der Waals surface area contributed by atoms with Crippen molar-refractivity contribution in [3.8, 4) is 22.6 Å². The first-order valence-corrected chi connectivity index (χ1v) is 6.03. The second-order valence-corrected chi connectivity index (χ2v) is 4.38. The molecule has 0 spiro atoms. The Balaban J connectivity index is 2.69. The molecule has 2 aromatic carbocycles. The minimum absolute atomic E-state index is 0.788. The van der Waals surface area contributed by atoms with Gasteiger partial charge in [-0.25, -0.2) is 0 Å². The van der Waals surface area contributed by atoms with Gasteiger partial charge < -0.3 is 9.47 Å². The van der Waals surface area contributed by atoms with E-state index in [4.69, 9.17) is 9.47 Å². The standard InChI is InChI=1S/C14H13BrO2/c1-16-12-9-8-11(15)14(17-2)13(12)10-6-4-3-5-7-10/h3-9H,1-2H3. The quantitative estimate of drug-likeness (QED) is 0.847. The van der Waals surface area contributed by atoms with E-state index in [1.165, 1.54) is 0 Å². The maximum atomic E-state index is 5.45. The van der Waals surface area contributed by atoms with Crippen molar-refractivity contribution in [2.24, 2.45) is 0 Å². The van der Waals surface area contributed by atoms with Gasteiger partial charge in [-0.15, -0.1) is 0 Å². The Bertz CT molecular complexity index is 509. The number of halogens is 1. The van der Waals surface area contributed by atoms with Crippen LogP contribution in [0, 0.1) is 0 Å². The molecule has 0 bridgehead atoms. The lowest BCUT2D eigenvalue weighted by atomic mass is 10.0. The predicted octanol–water partition coefficient (Wildman–Crippen LogP) is 4.13. The number of hydrogen-bond donors (Lipinski definition) is 0. The molecule has 88 valence electrons. The number of rotatable bonds is 3. The van der Waals surface area contributed by atoms with Crippen LogP contribution in [0.15, 0.2) is 46.9 Å². The summed E-state index contributed by atoms with van der Waals surface area (Å²) >= 11 is 3.49. The van der Waals surface area contributed by atoms with Crippen LogP contribution in [0.25, 0.3) is 11.1 Å². The maximum Gasteiger partial charge on any atom is 0.144 e. The number of hydrogen-bond acceptors (Lipinski definition) is 2. The van der Waals surface area contributed by atoms with Gasteiger partial charge in [-0.2, -0.15) is 0 Å². The first-order chi connectivity index (χ1) is 8.27. The van der Waals surface area contributed by atoms with Crippen molar-refractivity contribution in [1.29, 1.82) is 0 Å². The molecule has 0 atom stereocenters. The second kappa shape index (κ2) is 5.23. The van der Waals surface area contributed by atoms with Crippen molar-refractivity contribution in [2.45, 2.75) is 0 Å². The van der Waals surface area contributed by atoms with Gasteiger partial charge in [-0.05, 0) is 33.6 Å². The van der Waals surface area contributed by atoms with Crippen molar-refractivity contribution in [3.05, 3.63) is 46.9 Å². The summed E-state index contributed by atoms with van der Waals surface area (Å²) in [6.07, 6.45) is 0. The topological polar surface area (TPSA) is 18.5 Å². The molecule has 0 unspecified atom stereocenters. The number of methoxy groups -OCH3 is 2. The smallest absolute Gasteiger partial charge is 0.144 e. The molecule has 0 amide bonds. The lowest BCUT2D eigenvalue weighted by Crippen LogP contribution is -1.93. The third-order valence-electron chi connectivity index (χ3n) is 2.56. The molecule has 3 heteroatoms. The van der Waals surface area contributed by atoms with Gasteiger partial charge in [-0.3, -0.25) is 0 Å². The Hall–Kier alpha value is -1.48. The van der Waals surface area contributed by atoms with Crippen LogP contribution in [0.1, 0.15) is 0 Å². The highest BCUT2D eigenvalue weighted by molar-refractivity contribution is 9.10. The molecular weight excluding hydrogens is 280 g/mol. The van der Waals surface area contributed by atoms with E-state index in [0.29, 0.717) is 0 Å². The van der Waals surface area contributed by atoms with E-state index in [9.17, 15) is 0 Å². The Morgan fingerprint density at radius 3 is 2.18 bits per heavy atom. The van der Waals surface area contributed by atoms with Crippen LogP contribution in [0.5, 0.6) is 11.5 Å². The molecule has 0 aliphatic carbocycles. The molecule has 0 N–H and O–H groups in total. The third kappa shape index (κ3) is 2.29. The molecule has 2 aromatic rings. The van der Waals surface area contributed by atoms with Gasteiger partial charge in [0.2, 0.25) is 0 Å². The molecule has 2 nitrogen and oxygen atoms in total. The van der Waals surface area contributed by atoms with E-state index in [-0.39, 0.29) is 0 Å². The van der Waals surface area contributed by atoms with Crippen molar-refractivity contribution in [1.82, 2.24) is 0 Å². The Kier molecular flexibility index (Phi) is 3.69. The van der Waals surface area contributed by atoms with Crippen LogP contribution in [-0.4, -0.2) is 14.2 Å². The predicted molar refractivity (Wildman–Crippen MR) is 72.7 cm³/mol. The van der Waals surface area contributed by atoms with Crippen molar-refractivity contribution >= 4 is 15.9 Å². The molecule has 0 saturated carbocycles. The molecule has 2 rings (SSSR count). The lowest BCUT2D eigenvalue weighted by molar-refractivity contribution is 0.395. The first kappa shape index (κ1) is 12.0. The van der Waals surface area contributed by atoms with Gasteiger partial charge in [-0.1, -0.05) is 30.3 Å². The number of benzene rings is 2. The van der Waals surface area contributed by atoms with E-state index in [2.05, 4.69) is 15.9 Å². The molecule has 0 radical (unpaired) electrons. The summed E-state index contributed by atoms with van der Waals surface area (Å²) in [5.41, 5.74) is 2.03. The minimum atomic E-state index is 0.788. The highest BCUT2D eigenvalue weighted by atomic mass is 79.9. The minimum Gasteiger partial charge on any atom is -0.496 e. The lowest BCUT2D eigenvalue weighted by Gasteiger charge is -2.14. The Morgan fingerprint density at radius 2 is 1.59 bits per heavy atom. The van der Waals surface area contributed by atoms with Crippen molar-refractivity contribution < 1.29 is 9.47 Å². The van der Waals surface area contributed by atoms with Gasteiger partial charge in [0.25, 0.3) is 0 Å². The summed E-state index contributed by atoms with van der Waals surface area (Å²) in [5, 5.41) is 0. The van der Waals surface area contributed by atoms with Crippen LogP contribution in [0.2, 0.25) is 0 Å². The van der Waals surface area contributed by atoms with Crippen LogP contribution in [0.3, 0.4) is 0 Å². The summed E-state index contributed by atoms with van der Waals surface area (Å²) in [4.78, 5) is 0. The average molecular weight is 293 g/mol. The number of ether oxygens (including phenoxy) is 2. The fraction of sp³-hybridized carbons (Fsp3) is 0.143. The van der Waals surface area contributed by atoms with E-state index in [0.717, 1.165) is 27.1 Å². The van der Waals surface area contributed by atoms with E-state index >= 15 is 0 Å². The molecule has 0 aliphatic rings. The van der Waals surface area contributed by atoms with Crippen LogP contribution < -0.4 is 9.47 Å². The molecule has 0 heterocycles. The average Bonchev–Trinajstić information content (AvgIpc) is 2.39. The fourth-order valence-corrected chi connectivity index (χ4v) is 2.28. The zero-order chi connectivity index (χ0) is 12.3. The van der Waals surface area contributed by atoms with E-state index in [1.54, 1.807) is 14.2 Å². The van der Waals surface area contributed by atoms with Crippen LogP contribution in [0.4, 0.5) is 0 Å². The normalized spacial score (nSPS) is 10.1. The van der Waals surface area contributed by atoms with Crippen LogP contribution >= 0.6 is 15.9 Å². The summed E-state index contributed by atoms with van der Waals surface area (Å²) in [6, 6.07) is 13.9. The highest BCUT2D eigenvalue weighted by Gasteiger charge is 2.14. The van der Waals surface area contributed by atoms with E-state index < -0.39 is 0 Å². The maximum absolute atomic E-state index is 5.45. The largest absolute Gasteiger partial charge is 0.496 e. The van der Waals surface area contributed by atoms with E-state index in [1.807, 2.05) is 42.5 Å². The molecule has 0 saturated heterocycles. The molecule has 0 aliphatic heterocycles.